The molecule has 21 heavy (non-hydrogen) atoms. The highest BCUT2D eigenvalue weighted by molar-refractivity contribution is 5.74. The number of carboxylic acid groups (broad SMARTS) is 1. The molecule has 2 aliphatic rings. The summed E-state index contributed by atoms with van der Waals surface area (Å²) in [6, 6.07) is -0.900. The van der Waals surface area contributed by atoms with Crippen LogP contribution in [0.25, 0.3) is 0 Å². The highest BCUT2D eigenvalue weighted by Gasteiger charge is 2.43. The molecule has 0 spiro atoms. The van der Waals surface area contributed by atoms with Crippen LogP contribution in [0.1, 0.15) is 33.6 Å². The largest absolute Gasteiger partial charge is 0.480 e. The van der Waals surface area contributed by atoms with E-state index in [1.807, 2.05) is 0 Å². The monoisotopic (exact) mass is 302 g/mol. The van der Waals surface area contributed by atoms with E-state index in [1.165, 1.54) is 0 Å². The van der Waals surface area contributed by atoms with Crippen LogP contribution in [0.2, 0.25) is 0 Å². The Morgan fingerprint density at radius 3 is 2.52 bits per heavy atom. The summed E-state index contributed by atoms with van der Waals surface area (Å²) in [6.45, 7) is 6.43. The standard InChI is InChI=1S/C14H23FN2O4/c1-14(2,3)21-13(20)16-5-4-10(8-16)17-7-9(15)6-11(17)12(18)19/h9-11H,4-8H2,1-3H3,(H,18,19)/t9-,10?,11+/m0/s1. The molecule has 7 heteroatoms. The minimum Gasteiger partial charge on any atom is -0.480 e. The fourth-order valence-electron chi connectivity index (χ4n) is 2.96. The maximum atomic E-state index is 13.5. The lowest BCUT2D eigenvalue weighted by Gasteiger charge is -2.28. The smallest absolute Gasteiger partial charge is 0.410 e. The summed E-state index contributed by atoms with van der Waals surface area (Å²) in [4.78, 5) is 26.4. The molecular weight excluding hydrogens is 279 g/mol. The molecule has 0 radical (unpaired) electrons. The number of carbonyl (C=O) groups excluding carboxylic acids is 1. The molecule has 2 saturated heterocycles. The normalized spacial score (nSPS) is 30.7. The third-order valence-corrected chi connectivity index (χ3v) is 3.86. The van der Waals surface area contributed by atoms with Gasteiger partial charge in [0, 0.05) is 32.1 Å². The third-order valence-electron chi connectivity index (χ3n) is 3.86. The summed E-state index contributed by atoms with van der Waals surface area (Å²) in [7, 11) is 0. The molecule has 120 valence electrons. The summed E-state index contributed by atoms with van der Waals surface area (Å²) in [6.07, 6.45) is -0.830. The third kappa shape index (κ3) is 3.84. The van der Waals surface area contributed by atoms with Crippen LogP contribution in [0.3, 0.4) is 0 Å². The number of hydrogen-bond donors (Lipinski definition) is 1. The van der Waals surface area contributed by atoms with Crippen LogP contribution in [0.4, 0.5) is 9.18 Å². The van der Waals surface area contributed by atoms with Crippen molar-refractivity contribution in [2.45, 2.75) is 57.5 Å². The summed E-state index contributed by atoms with van der Waals surface area (Å²) < 4.78 is 18.8. The van der Waals surface area contributed by atoms with E-state index in [-0.39, 0.29) is 19.0 Å². The Morgan fingerprint density at radius 1 is 1.29 bits per heavy atom. The first kappa shape index (κ1) is 16.0. The molecule has 0 saturated carbocycles. The van der Waals surface area contributed by atoms with E-state index < -0.39 is 29.9 Å². The van der Waals surface area contributed by atoms with Crippen molar-refractivity contribution in [3.05, 3.63) is 0 Å². The van der Waals surface area contributed by atoms with Crippen LogP contribution in [-0.4, -0.2) is 70.5 Å². The average Bonchev–Trinajstić information content (AvgIpc) is 2.92. The Morgan fingerprint density at radius 2 is 1.95 bits per heavy atom. The number of halogens is 1. The Hall–Kier alpha value is -1.37. The highest BCUT2D eigenvalue weighted by atomic mass is 19.1. The molecule has 0 bridgehead atoms. The Labute approximate surface area is 123 Å². The van der Waals surface area contributed by atoms with E-state index in [2.05, 4.69) is 0 Å². The van der Waals surface area contributed by atoms with Gasteiger partial charge in [-0.05, 0) is 27.2 Å². The fourth-order valence-corrected chi connectivity index (χ4v) is 2.96. The number of likely N-dealkylation sites (tertiary alicyclic amines) is 2. The SMILES string of the molecule is CC(C)(C)OC(=O)N1CCC(N2C[C@@H](F)C[C@@H]2C(=O)O)C1. The zero-order valence-electron chi connectivity index (χ0n) is 12.7. The van der Waals surface area contributed by atoms with Gasteiger partial charge in [0.05, 0.1) is 0 Å². The van der Waals surface area contributed by atoms with E-state index in [0.29, 0.717) is 19.5 Å². The van der Waals surface area contributed by atoms with Gasteiger partial charge in [0.15, 0.2) is 0 Å². The Balaban J connectivity index is 1.96. The molecule has 0 aromatic heterocycles. The summed E-state index contributed by atoms with van der Waals surface area (Å²) in [5, 5.41) is 9.18. The molecule has 2 aliphatic heterocycles. The van der Waals surface area contributed by atoms with Crippen molar-refractivity contribution in [1.29, 1.82) is 0 Å². The van der Waals surface area contributed by atoms with Gasteiger partial charge in [-0.1, -0.05) is 0 Å². The van der Waals surface area contributed by atoms with Crippen molar-refractivity contribution in [2.24, 2.45) is 0 Å². The lowest BCUT2D eigenvalue weighted by molar-refractivity contribution is -0.142. The minimum absolute atomic E-state index is 0.0261. The van der Waals surface area contributed by atoms with Gasteiger partial charge in [0.2, 0.25) is 0 Å². The van der Waals surface area contributed by atoms with E-state index in [1.54, 1.807) is 30.6 Å². The van der Waals surface area contributed by atoms with Crippen LogP contribution < -0.4 is 0 Å². The molecule has 2 heterocycles. The predicted octanol–water partition coefficient (Wildman–Crippen LogP) is 1.49. The molecule has 1 amide bonds. The second kappa shape index (κ2) is 5.79. The number of rotatable bonds is 2. The lowest BCUT2D eigenvalue weighted by Crippen LogP contribution is -2.45. The second-order valence-corrected chi connectivity index (χ2v) is 6.75. The zero-order valence-corrected chi connectivity index (χ0v) is 12.7. The van der Waals surface area contributed by atoms with Crippen LogP contribution >= 0.6 is 0 Å². The second-order valence-electron chi connectivity index (χ2n) is 6.75. The van der Waals surface area contributed by atoms with E-state index in [9.17, 15) is 19.1 Å². The van der Waals surface area contributed by atoms with Gasteiger partial charge in [0.1, 0.15) is 17.8 Å². The van der Waals surface area contributed by atoms with E-state index in [4.69, 9.17) is 4.74 Å². The van der Waals surface area contributed by atoms with Gasteiger partial charge in [0.25, 0.3) is 0 Å². The van der Waals surface area contributed by atoms with Crippen molar-refractivity contribution < 1.29 is 23.8 Å². The van der Waals surface area contributed by atoms with Crippen LogP contribution in [-0.2, 0) is 9.53 Å². The van der Waals surface area contributed by atoms with Gasteiger partial charge < -0.3 is 14.7 Å². The van der Waals surface area contributed by atoms with Crippen molar-refractivity contribution in [2.75, 3.05) is 19.6 Å². The van der Waals surface area contributed by atoms with Crippen molar-refractivity contribution in [3.63, 3.8) is 0 Å². The molecule has 6 nitrogen and oxygen atoms in total. The molecule has 1 N–H and O–H groups in total. The minimum atomic E-state index is -1.11. The Bertz CT molecular complexity index is 424. The van der Waals surface area contributed by atoms with Crippen molar-refractivity contribution in [3.8, 4) is 0 Å². The molecule has 0 aromatic carbocycles. The van der Waals surface area contributed by atoms with Gasteiger partial charge in [-0.2, -0.15) is 0 Å². The molecule has 0 aromatic rings. The molecule has 0 aliphatic carbocycles. The number of carbonyl (C=O) groups is 2. The number of aliphatic carboxylic acids is 1. The first-order valence-corrected chi connectivity index (χ1v) is 7.28. The predicted molar refractivity (Wildman–Crippen MR) is 73.9 cm³/mol. The number of nitrogens with zero attached hydrogens (tertiary/aromatic N) is 2. The number of ether oxygens (including phenoxy) is 1. The van der Waals surface area contributed by atoms with Crippen molar-refractivity contribution >= 4 is 12.1 Å². The first-order valence-electron chi connectivity index (χ1n) is 7.28. The maximum absolute atomic E-state index is 13.5. The highest BCUT2D eigenvalue weighted by Crippen LogP contribution is 2.28. The number of alkyl halides is 1. The van der Waals surface area contributed by atoms with Crippen LogP contribution in [0.5, 0.6) is 0 Å². The van der Waals surface area contributed by atoms with Crippen LogP contribution in [0, 0.1) is 0 Å². The lowest BCUT2D eigenvalue weighted by atomic mass is 10.1. The summed E-state index contributed by atoms with van der Waals surface area (Å²) >= 11 is 0. The topological polar surface area (TPSA) is 70.1 Å². The van der Waals surface area contributed by atoms with Gasteiger partial charge in [-0.15, -0.1) is 0 Å². The molecule has 2 rings (SSSR count). The number of carboxylic acids is 1. The van der Waals surface area contributed by atoms with Gasteiger partial charge >= 0.3 is 12.1 Å². The molecule has 2 fully saturated rings. The van der Waals surface area contributed by atoms with Crippen molar-refractivity contribution in [1.82, 2.24) is 9.80 Å². The van der Waals surface area contributed by atoms with Crippen LogP contribution in [0.15, 0.2) is 0 Å². The van der Waals surface area contributed by atoms with Gasteiger partial charge in [-0.25, -0.2) is 9.18 Å². The fraction of sp³-hybridized carbons (Fsp3) is 0.857. The van der Waals surface area contributed by atoms with E-state index in [0.717, 1.165) is 0 Å². The first-order chi connectivity index (χ1) is 9.67. The average molecular weight is 302 g/mol. The molecule has 3 atom stereocenters. The molecule has 1 unspecified atom stereocenters. The maximum Gasteiger partial charge on any atom is 0.410 e. The number of amides is 1. The van der Waals surface area contributed by atoms with Gasteiger partial charge in [-0.3, -0.25) is 9.69 Å². The zero-order chi connectivity index (χ0) is 15.8. The summed E-state index contributed by atoms with van der Waals surface area (Å²) in [5.74, 6) is -0.995. The molecular formula is C14H23FN2O4. The quantitative estimate of drug-likeness (QED) is 0.837. The summed E-state index contributed by atoms with van der Waals surface area (Å²) in [5.41, 5.74) is -0.559. The van der Waals surface area contributed by atoms with E-state index >= 15 is 0 Å². The Kier molecular flexibility index (Phi) is 4.41. The number of hydrogen-bond acceptors (Lipinski definition) is 4.